The van der Waals surface area contributed by atoms with E-state index in [9.17, 15) is 4.79 Å². The molecule has 0 bridgehead atoms. The Hall–Kier alpha value is -2.47. The summed E-state index contributed by atoms with van der Waals surface area (Å²) in [7, 11) is 2.04. The van der Waals surface area contributed by atoms with Crippen molar-refractivity contribution in [2.24, 2.45) is 11.8 Å². The molecule has 2 aromatic rings. The maximum Gasteiger partial charge on any atom is 0.227 e. The second kappa shape index (κ2) is 10.7. The van der Waals surface area contributed by atoms with Gasteiger partial charge in [0.25, 0.3) is 0 Å². The van der Waals surface area contributed by atoms with E-state index in [-0.39, 0.29) is 11.8 Å². The molecule has 31 heavy (non-hydrogen) atoms. The van der Waals surface area contributed by atoms with Crippen LogP contribution in [0.3, 0.4) is 0 Å². The highest BCUT2D eigenvalue weighted by Crippen LogP contribution is 2.34. The molecule has 6 nitrogen and oxygen atoms in total. The molecule has 0 radical (unpaired) electrons. The number of amides is 1. The third kappa shape index (κ3) is 6.50. The maximum absolute atomic E-state index is 13.4. The number of hydrogen-bond acceptors (Lipinski definition) is 5. The average molecular weight is 429 g/mol. The van der Waals surface area contributed by atoms with E-state index < -0.39 is 0 Å². The molecular formula is C25H36N2O4. The summed E-state index contributed by atoms with van der Waals surface area (Å²) in [6, 6.07) is 6.11. The van der Waals surface area contributed by atoms with Gasteiger partial charge in [0.15, 0.2) is 11.5 Å². The standard InChI is InChI=1S/C25H36N2O4/c1-18(2)13-27(25(28)20(4)14-26(5)15-21-7-10-29-17-21)16-22-11-19(3)24-23(12-22)30-8-6-9-31-24/h7,10-12,17-18,20H,6,8-9,13-16H2,1-5H3. The third-order valence-electron chi connectivity index (χ3n) is 5.40. The van der Waals surface area contributed by atoms with Gasteiger partial charge in [0.1, 0.15) is 0 Å². The molecule has 1 aliphatic rings. The number of carbonyl (C=O) groups excluding carboxylic acids is 1. The van der Waals surface area contributed by atoms with Crippen LogP contribution in [0.1, 0.15) is 43.9 Å². The molecule has 0 saturated carbocycles. The summed E-state index contributed by atoms with van der Waals surface area (Å²) in [6.45, 7) is 12.4. The SMILES string of the molecule is Cc1cc(CN(CC(C)C)C(=O)C(C)CN(C)Cc2ccoc2)cc2c1OCCCO2. The summed E-state index contributed by atoms with van der Waals surface area (Å²) in [5, 5.41) is 0. The van der Waals surface area contributed by atoms with Crippen molar-refractivity contribution in [1.29, 1.82) is 0 Å². The van der Waals surface area contributed by atoms with Crippen molar-refractivity contribution in [3.63, 3.8) is 0 Å². The van der Waals surface area contributed by atoms with E-state index in [0.29, 0.717) is 32.2 Å². The Balaban J connectivity index is 1.70. The van der Waals surface area contributed by atoms with E-state index in [4.69, 9.17) is 13.9 Å². The normalized spacial score (nSPS) is 14.5. The van der Waals surface area contributed by atoms with Gasteiger partial charge in [-0.2, -0.15) is 0 Å². The Morgan fingerprint density at radius 3 is 2.55 bits per heavy atom. The highest BCUT2D eigenvalue weighted by Gasteiger charge is 2.24. The second-order valence-electron chi connectivity index (χ2n) is 9.13. The van der Waals surface area contributed by atoms with Gasteiger partial charge in [0.05, 0.1) is 25.7 Å². The molecule has 2 heterocycles. The largest absolute Gasteiger partial charge is 0.490 e. The fourth-order valence-corrected chi connectivity index (χ4v) is 4.12. The van der Waals surface area contributed by atoms with Crippen molar-refractivity contribution < 1.29 is 18.7 Å². The molecule has 1 amide bonds. The fourth-order valence-electron chi connectivity index (χ4n) is 4.12. The molecule has 1 aliphatic heterocycles. The Kier molecular flexibility index (Phi) is 8.02. The molecule has 0 aliphatic carbocycles. The lowest BCUT2D eigenvalue weighted by Gasteiger charge is -2.29. The predicted octanol–water partition coefficient (Wildman–Crippen LogP) is 4.50. The van der Waals surface area contributed by atoms with Crippen LogP contribution in [0.4, 0.5) is 0 Å². The average Bonchev–Trinajstić information content (AvgIpc) is 3.08. The van der Waals surface area contributed by atoms with Crippen LogP contribution in [0.2, 0.25) is 0 Å². The number of furan rings is 1. The van der Waals surface area contributed by atoms with Crippen LogP contribution in [0.25, 0.3) is 0 Å². The van der Waals surface area contributed by atoms with Crippen molar-refractivity contribution in [3.8, 4) is 11.5 Å². The number of carbonyl (C=O) groups is 1. The van der Waals surface area contributed by atoms with E-state index in [1.165, 1.54) is 0 Å². The minimum Gasteiger partial charge on any atom is -0.490 e. The molecule has 1 aromatic heterocycles. The molecule has 1 aromatic carbocycles. The molecule has 0 spiro atoms. The Labute approximate surface area is 186 Å². The topological polar surface area (TPSA) is 55.2 Å². The molecule has 1 atom stereocenters. The molecular weight excluding hydrogens is 392 g/mol. The van der Waals surface area contributed by atoms with Gasteiger partial charge >= 0.3 is 0 Å². The van der Waals surface area contributed by atoms with E-state index in [1.807, 2.05) is 37.9 Å². The van der Waals surface area contributed by atoms with Crippen molar-refractivity contribution >= 4 is 5.91 Å². The van der Waals surface area contributed by atoms with Gasteiger partial charge in [-0.15, -0.1) is 0 Å². The van der Waals surface area contributed by atoms with Gasteiger partial charge in [-0.1, -0.05) is 26.8 Å². The number of aryl methyl sites for hydroxylation is 1. The van der Waals surface area contributed by atoms with E-state index in [0.717, 1.165) is 47.7 Å². The predicted molar refractivity (Wildman–Crippen MR) is 121 cm³/mol. The number of benzene rings is 1. The first-order valence-electron chi connectivity index (χ1n) is 11.2. The van der Waals surface area contributed by atoms with Crippen molar-refractivity contribution in [1.82, 2.24) is 9.80 Å². The molecule has 0 fully saturated rings. The molecule has 1 unspecified atom stereocenters. The van der Waals surface area contributed by atoms with Crippen LogP contribution in [0, 0.1) is 18.8 Å². The summed E-state index contributed by atoms with van der Waals surface area (Å²) < 4.78 is 16.9. The summed E-state index contributed by atoms with van der Waals surface area (Å²) in [4.78, 5) is 17.5. The van der Waals surface area contributed by atoms with E-state index >= 15 is 0 Å². The lowest BCUT2D eigenvalue weighted by molar-refractivity contribution is -0.136. The number of rotatable bonds is 9. The number of fused-ring (bicyclic) bond motifs is 1. The zero-order valence-electron chi connectivity index (χ0n) is 19.5. The molecule has 3 rings (SSSR count). The minimum absolute atomic E-state index is 0.0999. The number of hydrogen-bond donors (Lipinski definition) is 0. The molecule has 0 saturated heterocycles. The van der Waals surface area contributed by atoms with Crippen LogP contribution >= 0.6 is 0 Å². The van der Waals surface area contributed by atoms with Gasteiger partial charge in [-0.05, 0) is 43.1 Å². The molecule has 170 valence electrons. The molecule has 6 heteroatoms. The highest BCUT2D eigenvalue weighted by atomic mass is 16.5. The Bertz CT molecular complexity index is 847. The monoisotopic (exact) mass is 428 g/mol. The van der Waals surface area contributed by atoms with Crippen LogP contribution in [0.5, 0.6) is 11.5 Å². The van der Waals surface area contributed by atoms with E-state index in [2.05, 4.69) is 24.8 Å². The Morgan fingerprint density at radius 2 is 1.84 bits per heavy atom. The first kappa shape index (κ1) is 23.2. The van der Waals surface area contributed by atoms with Gasteiger partial charge in [-0.3, -0.25) is 4.79 Å². The first-order chi connectivity index (χ1) is 14.8. The summed E-state index contributed by atoms with van der Waals surface area (Å²) in [5.41, 5.74) is 3.25. The van der Waals surface area contributed by atoms with Gasteiger partial charge in [0.2, 0.25) is 5.91 Å². The minimum atomic E-state index is -0.0999. The van der Waals surface area contributed by atoms with Crippen molar-refractivity contribution in [2.75, 3.05) is 33.4 Å². The lowest BCUT2D eigenvalue weighted by atomic mass is 10.0. The zero-order valence-corrected chi connectivity index (χ0v) is 19.5. The number of ether oxygens (including phenoxy) is 2. The first-order valence-corrected chi connectivity index (χ1v) is 11.2. The van der Waals surface area contributed by atoms with Crippen molar-refractivity contribution in [3.05, 3.63) is 47.4 Å². The quantitative estimate of drug-likeness (QED) is 0.589. The second-order valence-corrected chi connectivity index (χ2v) is 9.13. The lowest BCUT2D eigenvalue weighted by Crippen LogP contribution is -2.40. The summed E-state index contributed by atoms with van der Waals surface area (Å²) in [6.07, 6.45) is 4.31. The number of nitrogens with zero attached hydrogens (tertiary/aromatic N) is 2. The smallest absolute Gasteiger partial charge is 0.227 e. The third-order valence-corrected chi connectivity index (χ3v) is 5.40. The summed E-state index contributed by atoms with van der Waals surface area (Å²) >= 11 is 0. The van der Waals surface area contributed by atoms with Crippen molar-refractivity contribution in [2.45, 2.75) is 47.2 Å². The maximum atomic E-state index is 13.4. The van der Waals surface area contributed by atoms with E-state index in [1.54, 1.807) is 12.5 Å². The van der Waals surface area contributed by atoms with Crippen LogP contribution in [-0.2, 0) is 17.9 Å². The summed E-state index contributed by atoms with van der Waals surface area (Å²) in [5.74, 6) is 2.09. The van der Waals surface area contributed by atoms with Crippen LogP contribution in [-0.4, -0.2) is 49.1 Å². The highest BCUT2D eigenvalue weighted by molar-refractivity contribution is 5.78. The molecule has 0 N–H and O–H groups in total. The zero-order chi connectivity index (χ0) is 22.4. The van der Waals surface area contributed by atoms with Gasteiger partial charge in [-0.25, -0.2) is 0 Å². The Morgan fingerprint density at radius 1 is 1.06 bits per heavy atom. The fraction of sp³-hybridized carbons (Fsp3) is 0.560. The van der Waals surface area contributed by atoms with Gasteiger partial charge in [0, 0.05) is 44.1 Å². The van der Waals surface area contributed by atoms with Crippen LogP contribution in [0.15, 0.2) is 35.1 Å². The van der Waals surface area contributed by atoms with Crippen LogP contribution < -0.4 is 9.47 Å². The van der Waals surface area contributed by atoms with Gasteiger partial charge < -0.3 is 23.7 Å².